The zero-order chi connectivity index (χ0) is 18.6. The Kier molecular flexibility index (Phi) is 5.79. The number of anilines is 3. The summed E-state index contributed by atoms with van der Waals surface area (Å²) in [6.07, 6.45) is 0.880. The number of hydrogen-bond donors (Lipinski definition) is 3. The summed E-state index contributed by atoms with van der Waals surface area (Å²) < 4.78 is 6.08. The first-order chi connectivity index (χ1) is 11.7. The highest BCUT2D eigenvalue weighted by atomic mass is 79.9. The van der Waals surface area contributed by atoms with E-state index in [2.05, 4.69) is 31.5 Å². The first-order valence-corrected chi connectivity index (χ1v) is 8.56. The number of aromatic nitrogens is 1. The van der Waals surface area contributed by atoms with Crippen LogP contribution in [0, 0.1) is 6.92 Å². The summed E-state index contributed by atoms with van der Waals surface area (Å²) in [5.74, 6) is 0.685. The van der Waals surface area contributed by atoms with Gasteiger partial charge in [0.15, 0.2) is 6.21 Å². The molecule has 4 N–H and O–H groups in total. The van der Waals surface area contributed by atoms with Crippen LogP contribution in [0.25, 0.3) is 0 Å². The quantitative estimate of drug-likeness (QED) is 0.679. The summed E-state index contributed by atoms with van der Waals surface area (Å²) in [7, 11) is 0. The lowest BCUT2D eigenvalue weighted by atomic mass is 10.1. The smallest absolute Gasteiger partial charge is 0.412 e. The zero-order valence-electron chi connectivity index (χ0n) is 14.7. The first-order valence-electron chi connectivity index (χ1n) is 7.77. The SMILES string of the molecule is Cc1cccc(Nc2cc(Br)cc(NC(=O)OC(C)(C)C)c2C=[NH2+])n1. The van der Waals surface area contributed by atoms with E-state index in [0.29, 0.717) is 22.8 Å². The minimum atomic E-state index is -0.588. The average Bonchev–Trinajstić information content (AvgIpc) is 2.44. The number of pyridine rings is 1. The number of benzene rings is 1. The summed E-state index contributed by atoms with van der Waals surface area (Å²) in [5, 5.41) is 11.8. The van der Waals surface area contributed by atoms with Crippen LogP contribution < -0.4 is 16.0 Å². The van der Waals surface area contributed by atoms with Gasteiger partial charge in [0.2, 0.25) is 0 Å². The van der Waals surface area contributed by atoms with Crippen LogP contribution >= 0.6 is 15.9 Å². The molecule has 25 heavy (non-hydrogen) atoms. The second-order valence-electron chi connectivity index (χ2n) is 6.50. The Morgan fingerprint density at radius 3 is 2.56 bits per heavy atom. The Morgan fingerprint density at radius 1 is 1.28 bits per heavy atom. The number of carbonyl (C=O) groups excluding carboxylic acids is 1. The normalized spacial score (nSPS) is 10.9. The van der Waals surface area contributed by atoms with Crippen molar-refractivity contribution in [1.82, 2.24) is 4.98 Å². The molecule has 6 nitrogen and oxygen atoms in total. The van der Waals surface area contributed by atoms with E-state index < -0.39 is 11.7 Å². The van der Waals surface area contributed by atoms with Gasteiger partial charge in [-0.15, -0.1) is 0 Å². The van der Waals surface area contributed by atoms with Gasteiger partial charge in [-0.3, -0.25) is 10.7 Å². The van der Waals surface area contributed by atoms with E-state index in [9.17, 15) is 4.79 Å². The molecule has 7 heteroatoms. The van der Waals surface area contributed by atoms with Crippen LogP contribution in [0.1, 0.15) is 32.0 Å². The number of ether oxygens (including phenoxy) is 1. The van der Waals surface area contributed by atoms with Gasteiger partial charge in [-0.1, -0.05) is 22.0 Å². The third kappa shape index (κ3) is 5.56. The maximum Gasteiger partial charge on any atom is 0.412 e. The average molecular weight is 406 g/mol. The van der Waals surface area contributed by atoms with Gasteiger partial charge in [-0.25, -0.2) is 9.78 Å². The molecule has 0 spiro atoms. The van der Waals surface area contributed by atoms with E-state index in [1.165, 1.54) is 6.21 Å². The fourth-order valence-corrected chi connectivity index (χ4v) is 2.63. The molecular weight excluding hydrogens is 384 g/mol. The number of amides is 1. The molecular formula is C18H22BrN4O2+. The highest BCUT2D eigenvalue weighted by Crippen LogP contribution is 2.30. The molecule has 132 valence electrons. The molecule has 0 saturated heterocycles. The van der Waals surface area contributed by atoms with Crippen LogP contribution in [0.15, 0.2) is 34.8 Å². The number of carbonyl (C=O) groups is 1. The molecule has 0 fully saturated rings. The van der Waals surface area contributed by atoms with Crippen molar-refractivity contribution in [1.29, 1.82) is 0 Å². The third-order valence-electron chi connectivity index (χ3n) is 3.10. The molecule has 2 aromatic rings. The summed E-state index contributed by atoms with van der Waals surface area (Å²) in [6, 6.07) is 9.31. The number of hydrogen-bond acceptors (Lipinski definition) is 4. The molecule has 2 rings (SSSR count). The van der Waals surface area contributed by atoms with Crippen molar-refractivity contribution in [3.8, 4) is 0 Å². The standard InChI is InChI=1S/C18H21BrN4O2/c1-11-6-5-7-16(21-11)22-14-8-12(19)9-15(13(14)10-20)23-17(24)25-18(2,3)4/h5-10,20H,1-4H3,(H,21,22)(H,23,24)/p+1. The number of rotatable bonds is 4. The number of halogens is 1. The van der Waals surface area contributed by atoms with Gasteiger partial charge in [0, 0.05) is 10.2 Å². The van der Waals surface area contributed by atoms with Crippen molar-refractivity contribution in [2.24, 2.45) is 0 Å². The molecule has 0 aliphatic carbocycles. The van der Waals surface area contributed by atoms with E-state index >= 15 is 0 Å². The fourth-order valence-electron chi connectivity index (χ4n) is 2.17. The second-order valence-corrected chi connectivity index (χ2v) is 7.41. The van der Waals surface area contributed by atoms with Crippen LogP contribution in [0.5, 0.6) is 0 Å². The fraction of sp³-hybridized carbons (Fsp3) is 0.278. The van der Waals surface area contributed by atoms with Gasteiger partial charge >= 0.3 is 6.09 Å². The van der Waals surface area contributed by atoms with Crippen LogP contribution in [0.2, 0.25) is 0 Å². The predicted molar refractivity (Wildman–Crippen MR) is 103 cm³/mol. The second kappa shape index (κ2) is 7.65. The molecule has 1 aromatic carbocycles. The van der Waals surface area contributed by atoms with Gasteiger partial charge in [0.05, 0.1) is 16.9 Å². The monoisotopic (exact) mass is 405 g/mol. The molecule has 1 heterocycles. The number of nitrogens with one attached hydrogen (secondary N) is 2. The number of aryl methyl sites for hydroxylation is 1. The topological polar surface area (TPSA) is 88.8 Å². The van der Waals surface area contributed by atoms with Crippen molar-refractivity contribution < 1.29 is 14.9 Å². The summed E-state index contributed by atoms with van der Waals surface area (Å²) >= 11 is 3.45. The van der Waals surface area contributed by atoms with Crippen molar-refractivity contribution in [2.45, 2.75) is 33.3 Å². The summed E-state index contributed by atoms with van der Waals surface area (Å²) in [6.45, 7) is 7.33. The molecule has 0 aliphatic rings. The van der Waals surface area contributed by atoms with Gasteiger partial charge in [0.25, 0.3) is 0 Å². The molecule has 1 amide bonds. The molecule has 0 saturated carbocycles. The maximum atomic E-state index is 12.1. The van der Waals surface area contributed by atoms with Crippen molar-refractivity contribution in [2.75, 3.05) is 10.6 Å². The van der Waals surface area contributed by atoms with Crippen molar-refractivity contribution >= 4 is 45.4 Å². The third-order valence-corrected chi connectivity index (χ3v) is 3.56. The van der Waals surface area contributed by atoms with Crippen LogP contribution in [-0.2, 0) is 4.74 Å². The summed E-state index contributed by atoms with van der Waals surface area (Å²) in [4.78, 5) is 16.5. The zero-order valence-corrected chi connectivity index (χ0v) is 16.3. The van der Waals surface area contributed by atoms with E-state index in [-0.39, 0.29) is 0 Å². The molecule has 0 radical (unpaired) electrons. The number of nitrogens with two attached hydrogens (primary N) is 1. The summed E-state index contributed by atoms with van der Waals surface area (Å²) in [5.41, 5.74) is 2.18. The highest BCUT2D eigenvalue weighted by Gasteiger charge is 2.19. The lowest BCUT2D eigenvalue weighted by molar-refractivity contribution is -0.104. The lowest BCUT2D eigenvalue weighted by Gasteiger charge is -2.20. The lowest BCUT2D eigenvalue weighted by Crippen LogP contribution is -2.32. The van der Waals surface area contributed by atoms with E-state index in [1.54, 1.807) is 26.8 Å². The van der Waals surface area contributed by atoms with E-state index in [1.807, 2.05) is 31.2 Å². The Hall–Kier alpha value is -2.41. The molecule has 0 aliphatic heterocycles. The van der Waals surface area contributed by atoms with Gasteiger partial charge in [-0.05, 0) is 52.0 Å². The Balaban J connectivity index is 2.34. The van der Waals surface area contributed by atoms with Crippen LogP contribution in [0.4, 0.5) is 22.0 Å². The number of nitrogens with zero attached hydrogens (tertiary/aromatic N) is 1. The van der Waals surface area contributed by atoms with Crippen molar-refractivity contribution in [3.05, 3.63) is 46.1 Å². The van der Waals surface area contributed by atoms with Gasteiger partial charge in [0.1, 0.15) is 11.4 Å². The molecule has 0 unspecified atom stereocenters. The van der Waals surface area contributed by atoms with E-state index in [0.717, 1.165) is 10.2 Å². The molecule has 0 bridgehead atoms. The largest absolute Gasteiger partial charge is 0.444 e. The molecule has 1 aromatic heterocycles. The molecule has 0 atom stereocenters. The van der Waals surface area contributed by atoms with E-state index in [4.69, 9.17) is 10.1 Å². The van der Waals surface area contributed by atoms with Crippen LogP contribution in [-0.4, -0.2) is 22.9 Å². The van der Waals surface area contributed by atoms with Gasteiger partial charge in [-0.2, -0.15) is 0 Å². The minimum absolute atomic E-state index is 0.529. The Morgan fingerprint density at radius 2 is 1.96 bits per heavy atom. The predicted octanol–water partition coefficient (Wildman–Crippen LogP) is 3.42. The Labute approximate surface area is 155 Å². The maximum absolute atomic E-state index is 12.1. The highest BCUT2D eigenvalue weighted by molar-refractivity contribution is 9.10. The van der Waals surface area contributed by atoms with Crippen molar-refractivity contribution in [3.63, 3.8) is 0 Å². The minimum Gasteiger partial charge on any atom is -0.444 e. The first kappa shape index (κ1) is 18.9. The van der Waals surface area contributed by atoms with Crippen LogP contribution in [0.3, 0.4) is 0 Å². The van der Waals surface area contributed by atoms with Gasteiger partial charge < -0.3 is 10.1 Å². The Bertz CT molecular complexity index is 800.